The van der Waals surface area contributed by atoms with Crippen molar-refractivity contribution in [3.63, 3.8) is 0 Å². The molecule has 2 amide bonds. The van der Waals surface area contributed by atoms with Gasteiger partial charge in [0.2, 0.25) is 5.91 Å². The van der Waals surface area contributed by atoms with Crippen molar-refractivity contribution in [2.24, 2.45) is 5.92 Å². The normalized spacial score (nSPS) is 15.9. The van der Waals surface area contributed by atoms with Crippen LogP contribution in [0.4, 0.5) is 5.00 Å². The highest BCUT2D eigenvalue weighted by atomic mass is 32.1. The van der Waals surface area contributed by atoms with Crippen LogP contribution in [-0.4, -0.2) is 29.6 Å². The van der Waals surface area contributed by atoms with Crippen LogP contribution in [0, 0.1) is 5.92 Å². The molecule has 0 spiro atoms. The van der Waals surface area contributed by atoms with Gasteiger partial charge in [-0.3, -0.25) is 9.59 Å². The van der Waals surface area contributed by atoms with E-state index in [1.807, 2.05) is 6.92 Å². The Morgan fingerprint density at radius 2 is 2.21 bits per heavy atom. The molecule has 3 N–H and O–H groups in total. The molecule has 2 rings (SSSR count). The third-order valence-corrected chi connectivity index (χ3v) is 4.07. The molecule has 1 fully saturated rings. The molecule has 0 aromatic carbocycles. The third-order valence-electron chi connectivity index (χ3n) is 3.07. The summed E-state index contributed by atoms with van der Waals surface area (Å²) in [5.74, 6) is -0.0216. The van der Waals surface area contributed by atoms with Gasteiger partial charge >= 0.3 is 0 Å². The van der Waals surface area contributed by atoms with E-state index in [0.717, 1.165) is 12.8 Å². The molecule has 0 aliphatic heterocycles. The predicted octanol–water partition coefficient (Wildman–Crippen LogP) is 1.60. The van der Waals surface area contributed by atoms with Gasteiger partial charge in [0, 0.05) is 5.92 Å². The number of carbonyl (C=O) groups excluding carboxylic acids is 2. The Hall–Kier alpha value is -1.40. The van der Waals surface area contributed by atoms with E-state index in [1.165, 1.54) is 11.3 Å². The van der Waals surface area contributed by atoms with Gasteiger partial charge in [0.1, 0.15) is 0 Å². The Labute approximate surface area is 116 Å². The van der Waals surface area contributed by atoms with Gasteiger partial charge in [0.25, 0.3) is 5.91 Å². The molecule has 0 saturated heterocycles. The first kappa shape index (κ1) is 14.0. The van der Waals surface area contributed by atoms with Crippen LogP contribution >= 0.6 is 11.3 Å². The van der Waals surface area contributed by atoms with E-state index < -0.39 is 0 Å². The van der Waals surface area contributed by atoms with Crippen molar-refractivity contribution >= 4 is 28.2 Å². The van der Waals surface area contributed by atoms with E-state index >= 15 is 0 Å². The molecule has 104 valence electrons. The van der Waals surface area contributed by atoms with E-state index in [2.05, 4.69) is 10.6 Å². The maximum atomic E-state index is 11.9. The van der Waals surface area contributed by atoms with Crippen molar-refractivity contribution in [3.05, 3.63) is 17.0 Å². The minimum atomic E-state index is -0.223. The molecule has 1 aromatic rings. The SMILES string of the molecule is CCC(CO)NC(=O)c1ccc(NC(=O)C2CC2)s1. The Balaban J connectivity index is 1.91. The van der Waals surface area contributed by atoms with Gasteiger partial charge in [-0.2, -0.15) is 0 Å². The lowest BCUT2D eigenvalue weighted by Crippen LogP contribution is -2.36. The first-order valence-electron chi connectivity index (χ1n) is 6.46. The zero-order valence-electron chi connectivity index (χ0n) is 10.8. The first-order valence-corrected chi connectivity index (χ1v) is 7.28. The average Bonchev–Trinajstić information content (AvgIpc) is 3.16. The van der Waals surface area contributed by atoms with Gasteiger partial charge in [-0.25, -0.2) is 0 Å². The number of aliphatic hydroxyl groups is 1. The van der Waals surface area contributed by atoms with Gasteiger partial charge in [-0.15, -0.1) is 11.3 Å². The topological polar surface area (TPSA) is 78.4 Å². The van der Waals surface area contributed by atoms with Crippen molar-refractivity contribution in [3.8, 4) is 0 Å². The number of amides is 2. The summed E-state index contributed by atoms with van der Waals surface area (Å²) in [5, 5.41) is 15.3. The lowest BCUT2D eigenvalue weighted by Gasteiger charge is -2.12. The van der Waals surface area contributed by atoms with Gasteiger partial charge < -0.3 is 15.7 Å². The second-order valence-corrected chi connectivity index (χ2v) is 5.77. The molecule has 1 saturated carbocycles. The number of anilines is 1. The molecule has 0 bridgehead atoms. The van der Waals surface area contributed by atoms with Gasteiger partial charge in [0.15, 0.2) is 0 Å². The van der Waals surface area contributed by atoms with Crippen LogP contribution < -0.4 is 10.6 Å². The number of hydrogen-bond donors (Lipinski definition) is 3. The smallest absolute Gasteiger partial charge is 0.261 e. The minimum absolute atomic E-state index is 0.0376. The number of rotatable bonds is 6. The Kier molecular flexibility index (Phi) is 4.55. The maximum absolute atomic E-state index is 11.9. The van der Waals surface area contributed by atoms with Gasteiger partial charge in [0.05, 0.1) is 22.5 Å². The summed E-state index contributed by atoms with van der Waals surface area (Å²) in [6.07, 6.45) is 2.59. The zero-order valence-corrected chi connectivity index (χ0v) is 11.6. The van der Waals surface area contributed by atoms with E-state index in [4.69, 9.17) is 5.11 Å². The molecule has 0 radical (unpaired) electrons. The summed E-state index contributed by atoms with van der Waals surface area (Å²) >= 11 is 1.25. The van der Waals surface area contributed by atoms with Crippen LogP contribution in [0.5, 0.6) is 0 Å². The summed E-state index contributed by atoms with van der Waals surface area (Å²) in [4.78, 5) is 24.0. The largest absolute Gasteiger partial charge is 0.394 e. The van der Waals surface area contributed by atoms with E-state index in [1.54, 1.807) is 12.1 Å². The van der Waals surface area contributed by atoms with Crippen molar-refractivity contribution < 1.29 is 14.7 Å². The number of aliphatic hydroxyl groups excluding tert-OH is 1. The highest BCUT2D eigenvalue weighted by Crippen LogP contribution is 2.31. The summed E-state index contributed by atoms with van der Waals surface area (Å²) in [7, 11) is 0. The molecular formula is C13H18N2O3S. The lowest BCUT2D eigenvalue weighted by atomic mass is 10.2. The molecule has 1 heterocycles. The predicted molar refractivity (Wildman–Crippen MR) is 74.3 cm³/mol. The molecule has 1 aliphatic carbocycles. The lowest BCUT2D eigenvalue weighted by molar-refractivity contribution is -0.117. The molecular weight excluding hydrogens is 264 g/mol. The van der Waals surface area contributed by atoms with Crippen LogP contribution in [0.25, 0.3) is 0 Å². The fraction of sp³-hybridized carbons (Fsp3) is 0.538. The average molecular weight is 282 g/mol. The highest BCUT2D eigenvalue weighted by molar-refractivity contribution is 7.18. The fourth-order valence-electron chi connectivity index (χ4n) is 1.63. The summed E-state index contributed by atoms with van der Waals surface area (Å²) in [6.45, 7) is 1.83. The van der Waals surface area contributed by atoms with E-state index in [-0.39, 0.29) is 30.4 Å². The second-order valence-electron chi connectivity index (χ2n) is 4.69. The summed E-state index contributed by atoms with van der Waals surface area (Å²) < 4.78 is 0. The second kappa shape index (κ2) is 6.16. The van der Waals surface area contributed by atoms with E-state index in [9.17, 15) is 9.59 Å². The van der Waals surface area contributed by atoms with Gasteiger partial charge in [-0.1, -0.05) is 6.92 Å². The van der Waals surface area contributed by atoms with E-state index in [0.29, 0.717) is 16.3 Å². The standard InChI is InChI=1S/C13H18N2O3S/c1-2-9(7-16)14-13(18)10-5-6-11(19-10)15-12(17)8-3-4-8/h5-6,8-9,16H,2-4,7H2,1H3,(H,14,18)(H,15,17). The molecule has 1 aliphatic rings. The fourth-order valence-corrected chi connectivity index (χ4v) is 2.44. The molecule has 1 aromatic heterocycles. The third kappa shape index (κ3) is 3.78. The molecule has 5 nitrogen and oxygen atoms in total. The van der Waals surface area contributed by atoms with Crippen LogP contribution in [0.15, 0.2) is 12.1 Å². The Morgan fingerprint density at radius 3 is 2.79 bits per heavy atom. The van der Waals surface area contributed by atoms with Crippen molar-refractivity contribution in [1.82, 2.24) is 5.32 Å². The number of nitrogens with one attached hydrogen (secondary N) is 2. The van der Waals surface area contributed by atoms with Crippen LogP contribution in [0.2, 0.25) is 0 Å². The first-order chi connectivity index (χ1) is 9.13. The number of hydrogen-bond acceptors (Lipinski definition) is 4. The number of thiophene rings is 1. The quantitative estimate of drug-likeness (QED) is 0.741. The molecule has 6 heteroatoms. The van der Waals surface area contributed by atoms with Crippen molar-refractivity contribution in [2.45, 2.75) is 32.2 Å². The Bertz CT molecular complexity index is 464. The zero-order chi connectivity index (χ0) is 13.8. The Morgan fingerprint density at radius 1 is 1.47 bits per heavy atom. The highest BCUT2D eigenvalue weighted by Gasteiger charge is 2.29. The van der Waals surface area contributed by atoms with Crippen molar-refractivity contribution in [2.75, 3.05) is 11.9 Å². The maximum Gasteiger partial charge on any atom is 0.261 e. The monoisotopic (exact) mass is 282 g/mol. The van der Waals surface area contributed by atoms with Crippen LogP contribution in [0.3, 0.4) is 0 Å². The van der Waals surface area contributed by atoms with Gasteiger partial charge in [-0.05, 0) is 31.4 Å². The summed E-state index contributed by atoms with van der Waals surface area (Å²) in [5.41, 5.74) is 0. The van der Waals surface area contributed by atoms with Crippen LogP contribution in [-0.2, 0) is 4.79 Å². The molecule has 1 unspecified atom stereocenters. The summed E-state index contributed by atoms with van der Waals surface area (Å²) in [6, 6.07) is 3.20. The number of carbonyl (C=O) groups is 2. The molecule has 1 atom stereocenters. The van der Waals surface area contributed by atoms with Crippen molar-refractivity contribution in [1.29, 1.82) is 0 Å². The van der Waals surface area contributed by atoms with Crippen LogP contribution in [0.1, 0.15) is 35.9 Å². The minimum Gasteiger partial charge on any atom is -0.394 e. The molecule has 19 heavy (non-hydrogen) atoms.